The lowest BCUT2D eigenvalue weighted by Crippen LogP contribution is -1.98. The smallest absolute Gasteiger partial charge is 0.166 e. The molecule has 1 aromatic heterocycles. The Morgan fingerprint density at radius 2 is 2.12 bits per heavy atom. The molecule has 0 radical (unpaired) electrons. The van der Waals surface area contributed by atoms with Crippen molar-refractivity contribution in [3.05, 3.63) is 35.5 Å². The molecule has 3 nitrogen and oxygen atoms in total. The first-order chi connectivity index (χ1) is 7.79. The van der Waals surface area contributed by atoms with Crippen LogP contribution in [0.15, 0.2) is 24.3 Å². The third kappa shape index (κ3) is 1.63. The Kier molecular flexibility index (Phi) is 3.06. The van der Waals surface area contributed by atoms with Crippen molar-refractivity contribution in [2.24, 2.45) is 7.05 Å². The zero-order chi connectivity index (χ0) is 11.5. The Morgan fingerprint density at radius 3 is 2.81 bits per heavy atom. The molecule has 84 valence electrons. The fraction of sp³-hybridized carbons (Fsp3) is 0.308. The first-order valence-electron chi connectivity index (χ1n) is 5.42. The summed E-state index contributed by atoms with van der Waals surface area (Å²) in [6.45, 7) is 0.154. The van der Waals surface area contributed by atoms with Crippen LogP contribution in [0.1, 0.15) is 22.5 Å². The number of aliphatic hydroxyl groups is 1. The van der Waals surface area contributed by atoms with Crippen LogP contribution in [0, 0.1) is 0 Å². The molecule has 1 N–H and O–H groups in total. The molecule has 0 aliphatic carbocycles. The van der Waals surface area contributed by atoms with Gasteiger partial charge in [-0.1, -0.05) is 18.2 Å². The maximum atomic E-state index is 11.1. The van der Waals surface area contributed by atoms with E-state index in [-0.39, 0.29) is 6.61 Å². The maximum Gasteiger partial charge on any atom is 0.166 e. The quantitative estimate of drug-likeness (QED) is 0.795. The van der Waals surface area contributed by atoms with Gasteiger partial charge in [-0.3, -0.25) is 4.79 Å². The van der Waals surface area contributed by atoms with Crippen molar-refractivity contribution in [3.8, 4) is 0 Å². The molecule has 0 bridgehead atoms. The number of para-hydroxylation sites is 1. The van der Waals surface area contributed by atoms with Gasteiger partial charge in [0.2, 0.25) is 0 Å². The van der Waals surface area contributed by atoms with Crippen molar-refractivity contribution in [3.63, 3.8) is 0 Å². The Bertz CT molecular complexity index is 514. The van der Waals surface area contributed by atoms with Crippen molar-refractivity contribution >= 4 is 17.2 Å². The maximum absolute atomic E-state index is 11.1. The van der Waals surface area contributed by atoms with Crippen LogP contribution in [-0.4, -0.2) is 22.6 Å². The van der Waals surface area contributed by atoms with E-state index in [1.165, 1.54) is 0 Å². The summed E-state index contributed by atoms with van der Waals surface area (Å²) in [5, 5.41) is 9.99. The van der Waals surface area contributed by atoms with Crippen molar-refractivity contribution in [1.82, 2.24) is 4.57 Å². The molecule has 1 aromatic carbocycles. The second-order valence-electron chi connectivity index (χ2n) is 3.88. The molecule has 0 amide bonds. The molecule has 2 aromatic rings. The van der Waals surface area contributed by atoms with Crippen molar-refractivity contribution in [2.45, 2.75) is 12.8 Å². The first-order valence-corrected chi connectivity index (χ1v) is 5.42. The molecule has 0 spiro atoms. The van der Waals surface area contributed by atoms with Crippen molar-refractivity contribution < 1.29 is 9.90 Å². The van der Waals surface area contributed by atoms with Crippen LogP contribution >= 0.6 is 0 Å². The molecule has 16 heavy (non-hydrogen) atoms. The molecule has 3 heteroatoms. The summed E-state index contributed by atoms with van der Waals surface area (Å²) >= 11 is 0. The fourth-order valence-electron chi connectivity index (χ4n) is 2.16. The molecule has 2 rings (SSSR count). The predicted molar refractivity (Wildman–Crippen MR) is 63.7 cm³/mol. The summed E-state index contributed by atoms with van der Waals surface area (Å²) < 4.78 is 1.91. The number of fused-ring (bicyclic) bond motifs is 1. The van der Waals surface area contributed by atoms with Gasteiger partial charge >= 0.3 is 0 Å². The van der Waals surface area contributed by atoms with Gasteiger partial charge < -0.3 is 9.67 Å². The second kappa shape index (κ2) is 4.49. The minimum Gasteiger partial charge on any atom is -0.396 e. The number of hydrogen-bond donors (Lipinski definition) is 1. The lowest BCUT2D eigenvalue weighted by atomic mass is 10.1. The third-order valence-electron chi connectivity index (χ3n) is 2.96. The van der Waals surface area contributed by atoms with E-state index < -0.39 is 0 Å². The Labute approximate surface area is 94.3 Å². The summed E-state index contributed by atoms with van der Waals surface area (Å²) in [6, 6.07) is 7.96. The third-order valence-corrected chi connectivity index (χ3v) is 2.96. The van der Waals surface area contributed by atoms with Gasteiger partial charge in [0, 0.05) is 24.6 Å². The summed E-state index contributed by atoms with van der Waals surface area (Å²) in [7, 11) is 1.90. The monoisotopic (exact) mass is 217 g/mol. The number of hydrogen-bond acceptors (Lipinski definition) is 2. The standard InChI is InChI=1S/C13H15NO2/c1-14-12-7-3-2-5-10(12)11(6-4-8-15)13(14)9-16/h2-3,5,7,9,15H,4,6,8H2,1H3. The highest BCUT2D eigenvalue weighted by molar-refractivity contribution is 5.93. The number of aromatic nitrogens is 1. The van der Waals surface area contributed by atoms with Gasteiger partial charge in [0.1, 0.15) is 0 Å². The van der Waals surface area contributed by atoms with Crippen LogP contribution in [0.2, 0.25) is 0 Å². The van der Waals surface area contributed by atoms with Gasteiger partial charge in [-0.25, -0.2) is 0 Å². The van der Waals surface area contributed by atoms with Crippen LogP contribution in [0.25, 0.3) is 10.9 Å². The number of aliphatic hydroxyl groups excluding tert-OH is 1. The number of nitrogens with zero attached hydrogens (tertiary/aromatic N) is 1. The molecule has 0 aliphatic rings. The van der Waals surface area contributed by atoms with Gasteiger partial charge in [0.05, 0.1) is 5.69 Å². The van der Waals surface area contributed by atoms with Crippen LogP contribution in [-0.2, 0) is 13.5 Å². The average molecular weight is 217 g/mol. The minimum atomic E-state index is 0.154. The number of carbonyl (C=O) groups excluding carboxylic acids is 1. The lowest BCUT2D eigenvalue weighted by molar-refractivity contribution is 0.111. The van der Waals surface area contributed by atoms with Gasteiger partial charge in [-0.2, -0.15) is 0 Å². The van der Waals surface area contributed by atoms with E-state index in [1.807, 2.05) is 35.9 Å². The zero-order valence-corrected chi connectivity index (χ0v) is 9.31. The molecule has 0 aliphatic heterocycles. The zero-order valence-electron chi connectivity index (χ0n) is 9.31. The highest BCUT2D eigenvalue weighted by Gasteiger charge is 2.13. The Balaban J connectivity index is 2.63. The van der Waals surface area contributed by atoms with E-state index in [0.717, 1.165) is 34.9 Å². The highest BCUT2D eigenvalue weighted by atomic mass is 16.2. The minimum absolute atomic E-state index is 0.154. The number of benzene rings is 1. The van der Waals surface area contributed by atoms with E-state index in [2.05, 4.69) is 0 Å². The summed E-state index contributed by atoms with van der Waals surface area (Å²) in [6.07, 6.45) is 2.33. The van der Waals surface area contributed by atoms with Gasteiger partial charge in [-0.05, 0) is 24.5 Å². The first kappa shape index (κ1) is 10.9. The van der Waals surface area contributed by atoms with Crippen molar-refractivity contribution in [2.75, 3.05) is 6.61 Å². The normalized spacial score (nSPS) is 10.9. The van der Waals surface area contributed by atoms with E-state index in [4.69, 9.17) is 5.11 Å². The van der Waals surface area contributed by atoms with E-state index in [1.54, 1.807) is 0 Å². The molecular formula is C13H15NO2. The largest absolute Gasteiger partial charge is 0.396 e. The van der Waals surface area contributed by atoms with Gasteiger partial charge in [0.25, 0.3) is 0 Å². The summed E-state index contributed by atoms with van der Waals surface area (Å²) in [5.74, 6) is 0. The predicted octanol–water partition coefficient (Wildman–Crippen LogP) is 1.92. The van der Waals surface area contributed by atoms with Crippen LogP contribution in [0.5, 0.6) is 0 Å². The number of carbonyl (C=O) groups is 1. The molecule has 0 atom stereocenters. The van der Waals surface area contributed by atoms with Gasteiger partial charge in [0.15, 0.2) is 6.29 Å². The fourth-order valence-corrected chi connectivity index (χ4v) is 2.16. The lowest BCUT2D eigenvalue weighted by Gasteiger charge is -1.99. The van der Waals surface area contributed by atoms with Crippen LogP contribution in [0.4, 0.5) is 0 Å². The molecule has 0 saturated heterocycles. The highest BCUT2D eigenvalue weighted by Crippen LogP contribution is 2.25. The number of aldehydes is 1. The number of rotatable bonds is 4. The Hall–Kier alpha value is -1.61. The molecule has 0 saturated carbocycles. The number of aryl methyl sites for hydroxylation is 2. The molecule has 0 fully saturated rings. The van der Waals surface area contributed by atoms with Crippen LogP contribution < -0.4 is 0 Å². The summed E-state index contributed by atoms with van der Waals surface area (Å²) in [5.41, 5.74) is 2.83. The SMILES string of the molecule is Cn1c(C=O)c(CCCO)c2ccccc21. The van der Waals surface area contributed by atoms with Gasteiger partial charge in [-0.15, -0.1) is 0 Å². The van der Waals surface area contributed by atoms with Crippen LogP contribution in [0.3, 0.4) is 0 Å². The van der Waals surface area contributed by atoms with E-state index >= 15 is 0 Å². The molecule has 0 unspecified atom stereocenters. The second-order valence-corrected chi connectivity index (χ2v) is 3.88. The van der Waals surface area contributed by atoms with E-state index in [0.29, 0.717) is 6.42 Å². The molecule has 1 heterocycles. The molecular weight excluding hydrogens is 202 g/mol. The van der Waals surface area contributed by atoms with Crippen molar-refractivity contribution in [1.29, 1.82) is 0 Å². The van der Waals surface area contributed by atoms with E-state index in [9.17, 15) is 4.79 Å². The summed E-state index contributed by atoms with van der Waals surface area (Å²) in [4.78, 5) is 11.1. The topological polar surface area (TPSA) is 42.2 Å². The Morgan fingerprint density at radius 1 is 1.38 bits per heavy atom. The average Bonchev–Trinajstić information content (AvgIpc) is 2.60.